The van der Waals surface area contributed by atoms with Gasteiger partial charge in [-0.3, -0.25) is 4.79 Å². The molecule has 20 heavy (non-hydrogen) atoms. The lowest BCUT2D eigenvalue weighted by Gasteiger charge is -2.34. The van der Waals surface area contributed by atoms with Crippen LogP contribution in [-0.2, 0) is 19.6 Å². The van der Waals surface area contributed by atoms with Gasteiger partial charge in [-0.05, 0) is 18.8 Å². The van der Waals surface area contributed by atoms with Crippen molar-refractivity contribution in [1.82, 2.24) is 9.62 Å². The molecule has 0 aromatic carbocycles. The molecule has 0 aromatic rings. The highest BCUT2D eigenvalue weighted by Gasteiger charge is 2.36. The molecular formula is C12H23N3O4S. The summed E-state index contributed by atoms with van der Waals surface area (Å²) in [5.41, 5.74) is 5.87. The van der Waals surface area contributed by atoms with Gasteiger partial charge >= 0.3 is 0 Å². The summed E-state index contributed by atoms with van der Waals surface area (Å²) < 4.78 is 30.0. The van der Waals surface area contributed by atoms with E-state index in [1.165, 1.54) is 0 Å². The summed E-state index contributed by atoms with van der Waals surface area (Å²) in [7, 11) is -3.18. The monoisotopic (exact) mass is 305 g/mol. The van der Waals surface area contributed by atoms with Gasteiger partial charge in [-0.2, -0.15) is 0 Å². The molecule has 8 heteroatoms. The maximum atomic E-state index is 12.4. The fourth-order valence-corrected chi connectivity index (χ4v) is 3.30. The van der Waals surface area contributed by atoms with Gasteiger partial charge in [-0.25, -0.2) is 13.1 Å². The van der Waals surface area contributed by atoms with E-state index in [2.05, 4.69) is 4.72 Å². The van der Waals surface area contributed by atoms with Crippen LogP contribution >= 0.6 is 0 Å². The zero-order valence-electron chi connectivity index (χ0n) is 11.7. The maximum Gasteiger partial charge on any atom is 0.229 e. The lowest BCUT2D eigenvalue weighted by Crippen LogP contribution is -2.49. The van der Waals surface area contributed by atoms with Gasteiger partial charge in [-0.1, -0.05) is 0 Å². The molecule has 0 radical (unpaired) electrons. The molecule has 3 atom stereocenters. The number of rotatable bonds is 4. The first-order valence-electron chi connectivity index (χ1n) is 6.93. The minimum Gasteiger partial charge on any atom is -0.379 e. The summed E-state index contributed by atoms with van der Waals surface area (Å²) >= 11 is 0. The molecule has 2 aliphatic heterocycles. The fourth-order valence-electron chi connectivity index (χ4n) is 2.76. The average Bonchev–Trinajstić information content (AvgIpc) is 2.81. The Morgan fingerprint density at radius 2 is 2.20 bits per heavy atom. The Morgan fingerprint density at radius 3 is 2.80 bits per heavy atom. The van der Waals surface area contributed by atoms with E-state index in [1.54, 1.807) is 4.90 Å². The lowest BCUT2D eigenvalue weighted by molar-refractivity contribution is -0.137. The van der Waals surface area contributed by atoms with Crippen LogP contribution in [0.5, 0.6) is 0 Å². The van der Waals surface area contributed by atoms with Crippen LogP contribution in [0.25, 0.3) is 0 Å². The summed E-state index contributed by atoms with van der Waals surface area (Å²) in [6.45, 7) is 2.52. The summed E-state index contributed by atoms with van der Waals surface area (Å²) in [5.74, 6) is -0.0448. The lowest BCUT2D eigenvalue weighted by atomic mass is 9.95. The van der Waals surface area contributed by atoms with E-state index in [4.69, 9.17) is 10.5 Å². The van der Waals surface area contributed by atoms with Crippen LogP contribution in [0, 0.1) is 11.8 Å². The first-order chi connectivity index (χ1) is 9.37. The molecule has 0 bridgehead atoms. The highest BCUT2D eigenvalue weighted by molar-refractivity contribution is 7.88. The van der Waals surface area contributed by atoms with Crippen LogP contribution in [0.1, 0.15) is 12.8 Å². The number of amides is 1. The van der Waals surface area contributed by atoms with Crippen LogP contribution in [0.4, 0.5) is 0 Å². The third-order valence-corrected chi connectivity index (χ3v) is 4.60. The summed E-state index contributed by atoms with van der Waals surface area (Å²) in [6.07, 6.45) is 2.97. The maximum absolute atomic E-state index is 12.4. The molecule has 0 aromatic heterocycles. The average molecular weight is 305 g/mol. The Morgan fingerprint density at radius 1 is 1.45 bits per heavy atom. The number of hydrogen-bond donors (Lipinski definition) is 2. The minimum atomic E-state index is -3.18. The molecule has 2 aliphatic rings. The molecular weight excluding hydrogens is 282 g/mol. The standard InChI is InChI=1S/C12H23N3O4S/c1-20(17,18)14-5-9-3-2-4-15(6-9)12(16)10-7-19-8-11(10)13/h9-11,14H,2-8,13H2,1H3. The number of nitrogens with two attached hydrogens (primary N) is 1. The van der Waals surface area contributed by atoms with Crippen LogP contribution in [0.15, 0.2) is 0 Å². The van der Waals surface area contributed by atoms with Gasteiger partial charge in [0.05, 0.1) is 25.4 Å². The van der Waals surface area contributed by atoms with Crippen molar-refractivity contribution < 1.29 is 17.9 Å². The highest BCUT2D eigenvalue weighted by atomic mass is 32.2. The number of carbonyl (C=O) groups excluding carboxylic acids is 1. The summed E-state index contributed by atoms with van der Waals surface area (Å²) in [5, 5.41) is 0. The van der Waals surface area contributed by atoms with E-state index in [-0.39, 0.29) is 23.8 Å². The highest BCUT2D eigenvalue weighted by Crippen LogP contribution is 2.21. The van der Waals surface area contributed by atoms with Crippen molar-refractivity contribution in [3.63, 3.8) is 0 Å². The van der Waals surface area contributed by atoms with Crippen LogP contribution < -0.4 is 10.5 Å². The second-order valence-electron chi connectivity index (χ2n) is 5.72. The third kappa shape index (κ3) is 4.15. The summed E-state index contributed by atoms with van der Waals surface area (Å²) in [4.78, 5) is 14.2. The van der Waals surface area contributed by atoms with Gasteiger partial charge in [0.1, 0.15) is 0 Å². The number of hydrogen-bond acceptors (Lipinski definition) is 5. The number of sulfonamides is 1. The molecule has 3 N–H and O–H groups in total. The zero-order valence-corrected chi connectivity index (χ0v) is 12.6. The van der Waals surface area contributed by atoms with Crippen molar-refractivity contribution in [3.05, 3.63) is 0 Å². The Hall–Kier alpha value is -0.700. The van der Waals surface area contributed by atoms with Crippen LogP contribution in [-0.4, -0.2) is 64.4 Å². The Labute approximate surface area is 119 Å². The minimum absolute atomic E-state index is 0.0408. The number of nitrogens with one attached hydrogen (secondary N) is 1. The molecule has 0 saturated carbocycles. The van der Waals surface area contributed by atoms with E-state index >= 15 is 0 Å². The van der Waals surface area contributed by atoms with Crippen molar-refractivity contribution in [1.29, 1.82) is 0 Å². The number of nitrogens with zero attached hydrogens (tertiary/aromatic N) is 1. The molecule has 0 aliphatic carbocycles. The molecule has 3 unspecified atom stereocenters. The molecule has 116 valence electrons. The van der Waals surface area contributed by atoms with Crippen molar-refractivity contribution in [2.75, 3.05) is 39.1 Å². The first kappa shape index (κ1) is 15.7. The number of likely N-dealkylation sites (tertiary alicyclic amines) is 1. The zero-order chi connectivity index (χ0) is 14.8. The SMILES string of the molecule is CS(=O)(=O)NCC1CCCN(C(=O)C2COCC2N)C1. The normalized spacial score (nSPS) is 31.5. The Balaban J connectivity index is 1.88. The molecule has 2 rings (SSSR count). The van der Waals surface area contributed by atoms with Gasteiger partial charge < -0.3 is 15.4 Å². The van der Waals surface area contributed by atoms with Crippen LogP contribution in [0.3, 0.4) is 0 Å². The molecule has 0 spiro atoms. The fraction of sp³-hybridized carbons (Fsp3) is 0.917. The summed E-state index contributed by atoms with van der Waals surface area (Å²) in [6, 6.07) is -0.225. The molecule has 1 amide bonds. The van der Waals surface area contributed by atoms with Crippen LogP contribution in [0.2, 0.25) is 0 Å². The van der Waals surface area contributed by atoms with E-state index in [0.717, 1.165) is 25.6 Å². The number of piperidine rings is 1. The number of ether oxygens (including phenoxy) is 1. The Bertz CT molecular complexity index is 454. The Kier molecular flexibility index (Phi) is 5.00. The van der Waals surface area contributed by atoms with Gasteiger partial charge in [0.25, 0.3) is 0 Å². The molecule has 2 fully saturated rings. The predicted octanol–water partition coefficient (Wildman–Crippen LogP) is -1.25. The van der Waals surface area contributed by atoms with E-state index < -0.39 is 10.0 Å². The second kappa shape index (κ2) is 6.38. The van der Waals surface area contributed by atoms with E-state index in [0.29, 0.717) is 26.3 Å². The van der Waals surface area contributed by atoms with Crippen molar-refractivity contribution in [3.8, 4) is 0 Å². The van der Waals surface area contributed by atoms with Crippen molar-refractivity contribution in [2.24, 2.45) is 17.6 Å². The topological polar surface area (TPSA) is 102 Å². The van der Waals surface area contributed by atoms with Gasteiger partial charge in [0, 0.05) is 25.7 Å². The molecule has 2 heterocycles. The van der Waals surface area contributed by atoms with Gasteiger partial charge in [0.15, 0.2) is 0 Å². The number of carbonyl (C=O) groups is 1. The third-order valence-electron chi connectivity index (χ3n) is 3.91. The van der Waals surface area contributed by atoms with Crippen molar-refractivity contribution in [2.45, 2.75) is 18.9 Å². The quantitative estimate of drug-likeness (QED) is 0.675. The van der Waals surface area contributed by atoms with Gasteiger partial charge in [-0.15, -0.1) is 0 Å². The second-order valence-corrected chi connectivity index (χ2v) is 7.55. The first-order valence-corrected chi connectivity index (χ1v) is 8.82. The largest absolute Gasteiger partial charge is 0.379 e. The smallest absolute Gasteiger partial charge is 0.229 e. The molecule has 7 nitrogen and oxygen atoms in total. The van der Waals surface area contributed by atoms with Crippen molar-refractivity contribution >= 4 is 15.9 Å². The predicted molar refractivity (Wildman–Crippen MR) is 74.4 cm³/mol. The van der Waals surface area contributed by atoms with E-state index in [9.17, 15) is 13.2 Å². The van der Waals surface area contributed by atoms with Gasteiger partial charge in [0.2, 0.25) is 15.9 Å². The van der Waals surface area contributed by atoms with E-state index in [1.807, 2.05) is 0 Å². The molecule has 2 saturated heterocycles.